The van der Waals surface area contributed by atoms with Gasteiger partial charge in [-0.15, -0.1) is 0 Å². The van der Waals surface area contributed by atoms with Crippen LogP contribution >= 0.6 is 0 Å². The number of benzene rings is 1. The predicted octanol–water partition coefficient (Wildman–Crippen LogP) is 3.73. The maximum absolute atomic E-state index is 13.1. The van der Waals surface area contributed by atoms with Gasteiger partial charge < -0.3 is 9.73 Å². The molecule has 1 amide bonds. The summed E-state index contributed by atoms with van der Waals surface area (Å²) >= 11 is 0. The second-order valence-electron chi connectivity index (χ2n) is 6.87. The van der Waals surface area contributed by atoms with Crippen LogP contribution in [0.4, 0.5) is 5.82 Å². The summed E-state index contributed by atoms with van der Waals surface area (Å²) in [6.07, 6.45) is 5.05. The Morgan fingerprint density at radius 2 is 2.00 bits per heavy atom. The molecule has 0 spiro atoms. The Morgan fingerprint density at radius 3 is 2.73 bits per heavy atom. The minimum absolute atomic E-state index is 0.268. The average molecular weight is 398 g/mol. The molecular formula is C22H18N6O2. The molecule has 1 aromatic carbocycles. The van der Waals surface area contributed by atoms with Gasteiger partial charge in [-0.25, -0.2) is 9.67 Å². The van der Waals surface area contributed by atoms with E-state index < -0.39 is 0 Å². The van der Waals surface area contributed by atoms with Crippen molar-refractivity contribution in [2.24, 2.45) is 7.05 Å². The van der Waals surface area contributed by atoms with Crippen LogP contribution < -0.4 is 5.32 Å². The monoisotopic (exact) mass is 398 g/mol. The van der Waals surface area contributed by atoms with Crippen LogP contribution in [0.2, 0.25) is 0 Å². The van der Waals surface area contributed by atoms with Crippen molar-refractivity contribution < 1.29 is 9.21 Å². The van der Waals surface area contributed by atoms with Crippen molar-refractivity contribution in [1.82, 2.24) is 24.5 Å². The zero-order valence-corrected chi connectivity index (χ0v) is 16.2. The largest absolute Gasteiger partial charge is 0.467 e. The molecular weight excluding hydrogens is 380 g/mol. The first-order valence-corrected chi connectivity index (χ1v) is 9.43. The molecule has 8 nitrogen and oxygen atoms in total. The molecule has 4 heterocycles. The third-order valence-electron chi connectivity index (χ3n) is 4.76. The Kier molecular flexibility index (Phi) is 4.36. The number of hydrogen-bond acceptors (Lipinski definition) is 5. The van der Waals surface area contributed by atoms with E-state index >= 15 is 0 Å². The predicted molar refractivity (Wildman–Crippen MR) is 112 cm³/mol. The van der Waals surface area contributed by atoms with Crippen molar-refractivity contribution in [1.29, 1.82) is 0 Å². The lowest BCUT2D eigenvalue weighted by molar-refractivity contribution is 0.102. The number of carbonyl (C=O) groups excluding carboxylic acids is 1. The van der Waals surface area contributed by atoms with Crippen LogP contribution in [-0.4, -0.2) is 30.5 Å². The van der Waals surface area contributed by atoms with Crippen molar-refractivity contribution in [2.45, 2.75) is 6.54 Å². The summed E-state index contributed by atoms with van der Waals surface area (Å²) in [5.74, 6) is 0.971. The van der Waals surface area contributed by atoms with Crippen LogP contribution in [0, 0.1) is 0 Å². The van der Waals surface area contributed by atoms with Gasteiger partial charge in [0.25, 0.3) is 5.91 Å². The molecule has 0 saturated carbocycles. The number of aromatic nitrogens is 5. The summed E-state index contributed by atoms with van der Waals surface area (Å²) in [6.45, 7) is 0.420. The number of aryl methyl sites for hydroxylation is 1. The van der Waals surface area contributed by atoms with Gasteiger partial charge in [-0.3, -0.25) is 9.48 Å². The van der Waals surface area contributed by atoms with E-state index in [4.69, 9.17) is 9.40 Å². The number of hydrogen-bond donors (Lipinski definition) is 1. The molecule has 4 aromatic heterocycles. The first kappa shape index (κ1) is 17.9. The zero-order valence-electron chi connectivity index (χ0n) is 16.2. The summed E-state index contributed by atoms with van der Waals surface area (Å²) in [5, 5.41) is 12.2. The average Bonchev–Trinajstić information content (AvgIpc) is 3.51. The van der Waals surface area contributed by atoms with Crippen LogP contribution in [-0.2, 0) is 13.6 Å². The lowest BCUT2D eigenvalue weighted by Crippen LogP contribution is -2.14. The molecule has 5 aromatic rings. The summed E-state index contributed by atoms with van der Waals surface area (Å²) in [4.78, 5) is 17.9. The molecule has 0 saturated heterocycles. The van der Waals surface area contributed by atoms with E-state index in [1.54, 1.807) is 47.2 Å². The molecule has 0 radical (unpaired) electrons. The van der Waals surface area contributed by atoms with Gasteiger partial charge in [0, 0.05) is 24.9 Å². The van der Waals surface area contributed by atoms with Gasteiger partial charge in [0.1, 0.15) is 12.3 Å². The van der Waals surface area contributed by atoms with E-state index in [1.807, 2.05) is 42.5 Å². The minimum Gasteiger partial charge on any atom is -0.467 e. The van der Waals surface area contributed by atoms with Gasteiger partial charge in [0.15, 0.2) is 11.5 Å². The summed E-state index contributed by atoms with van der Waals surface area (Å²) in [6, 6.07) is 17.0. The topological polar surface area (TPSA) is 90.8 Å². The normalized spacial score (nSPS) is 11.1. The van der Waals surface area contributed by atoms with E-state index in [0.29, 0.717) is 34.7 Å². The number of anilines is 1. The summed E-state index contributed by atoms with van der Waals surface area (Å²) < 4.78 is 8.82. The Labute approximate surface area is 171 Å². The Balaban J connectivity index is 1.62. The smallest absolute Gasteiger partial charge is 0.257 e. The van der Waals surface area contributed by atoms with E-state index in [0.717, 1.165) is 11.3 Å². The van der Waals surface area contributed by atoms with E-state index in [-0.39, 0.29) is 5.91 Å². The first-order valence-electron chi connectivity index (χ1n) is 9.43. The third kappa shape index (κ3) is 3.35. The lowest BCUT2D eigenvalue weighted by atomic mass is 10.1. The van der Waals surface area contributed by atoms with Gasteiger partial charge in [-0.2, -0.15) is 10.2 Å². The van der Waals surface area contributed by atoms with Crippen LogP contribution in [0.15, 0.2) is 77.7 Å². The van der Waals surface area contributed by atoms with Crippen LogP contribution in [0.25, 0.3) is 22.3 Å². The van der Waals surface area contributed by atoms with E-state index in [1.165, 1.54) is 0 Å². The molecule has 8 heteroatoms. The van der Waals surface area contributed by atoms with E-state index in [9.17, 15) is 4.79 Å². The number of pyridine rings is 1. The Bertz CT molecular complexity index is 1320. The molecule has 0 bridgehead atoms. The maximum Gasteiger partial charge on any atom is 0.257 e. The highest BCUT2D eigenvalue weighted by atomic mass is 16.3. The third-order valence-corrected chi connectivity index (χ3v) is 4.76. The Hall–Kier alpha value is -4.20. The quantitative estimate of drug-likeness (QED) is 0.487. The van der Waals surface area contributed by atoms with Crippen molar-refractivity contribution in [3.63, 3.8) is 0 Å². The fourth-order valence-corrected chi connectivity index (χ4v) is 3.32. The molecule has 148 valence electrons. The number of nitrogens with one attached hydrogen (secondary N) is 1. The van der Waals surface area contributed by atoms with Gasteiger partial charge in [0.05, 0.1) is 29.1 Å². The van der Waals surface area contributed by atoms with Crippen LogP contribution in [0.3, 0.4) is 0 Å². The van der Waals surface area contributed by atoms with Gasteiger partial charge >= 0.3 is 0 Å². The number of furan rings is 1. The molecule has 0 unspecified atom stereocenters. The molecule has 0 atom stereocenters. The van der Waals surface area contributed by atoms with Crippen LogP contribution in [0.5, 0.6) is 0 Å². The lowest BCUT2D eigenvalue weighted by Gasteiger charge is -2.09. The summed E-state index contributed by atoms with van der Waals surface area (Å²) in [7, 11) is 1.80. The molecule has 0 aliphatic heterocycles. The molecule has 1 N–H and O–H groups in total. The zero-order chi connectivity index (χ0) is 20.5. The van der Waals surface area contributed by atoms with Gasteiger partial charge in [-0.05, 0) is 18.2 Å². The van der Waals surface area contributed by atoms with Gasteiger partial charge in [0.2, 0.25) is 0 Å². The molecule has 30 heavy (non-hydrogen) atoms. The highest BCUT2D eigenvalue weighted by Gasteiger charge is 2.19. The minimum atomic E-state index is -0.268. The number of carbonyl (C=O) groups is 1. The highest BCUT2D eigenvalue weighted by molar-refractivity contribution is 6.12. The second-order valence-corrected chi connectivity index (χ2v) is 6.87. The number of nitrogens with zero attached hydrogens (tertiary/aromatic N) is 5. The first-order chi connectivity index (χ1) is 14.7. The van der Waals surface area contributed by atoms with E-state index in [2.05, 4.69) is 15.5 Å². The number of fused-ring (bicyclic) bond motifs is 1. The van der Waals surface area contributed by atoms with Gasteiger partial charge in [-0.1, -0.05) is 30.3 Å². The molecule has 0 fully saturated rings. The fraction of sp³-hybridized carbons (Fsp3) is 0.0909. The maximum atomic E-state index is 13.1. The fourth-order valence-electron chi connectivity index (χ4n) is 3.32. The van der Waals surface area contributed by atoms with Crippen LogP contribution in [0.1, 0.15) is 16.1 Å². The van der Waals surface area contributed by atoms with Crippen molar-refractivity contribution in [3.05, 3.63) is 84.6 Å². The standard InChI is InChI=1S/C22H18N6O2/c1-27-10-9-20(26-27)25-22(29)17-12-19(15-6-3-2-4-7-15)24-21-18(17)13-23-28(21)14-16-8-5-11-30-16/h2-13H,14H2,1H3,(H,25,26,29). The van der Waals surface area contributed by atoms with Crippen molar-refractivity contribution in [2.75, 3.05) is 5.32 Å². The van der Waals surface area contributed by atoms with Crippen molar-refractivity contribution in [3.8, 4) is 11.3 Å². The SMILES string of the molecule is Cn1ccc(NC(=O)c2cc(-c3ccccc3)nc3c2cnn3Cc2ccco2)n1. The Morgan fingerprint density at radius 1 is 1.13 bits per heavy atom. The molecule has 0 aliphatic rings. The second kappa shape index (κ2) is 7.32. The number of amides is 1. The molecule has 0 aliphatic carbocycles. The summed E-state index contributed by atoms with van der Waals surface area (Å²) in [5.41, 5.74) is 2.70. The van der Waals surface area contributed by atoms with Crippen molar-refractivity contribution >= 4 is 22.8 Å². The number of rotatable bonds is 5. The molecule has 5 rings (SSSR count). The highest BCUT2D eigenvalue weighted by Crippen LogP contribution is 2.26.